The number of primary amides is 1. The van der Waals surface area contributed by atoms with E-state index in [0.717, 1.165) is 21.8 Å². The Morgan fingerprint density at radius 2 is 2.05 bits per heavy atom. The van der Waals surface area contributed by atoms with E-state index in [1.807, 2.05) is 18.2 Å². The number of nitrogens with zero attached hydrogens (tertiary/aromatic N) is 3. The van der Waals surface area contributed by atoms with E-state index in [1.54, 1.807) is 30.2 Å². The molecule has 5 nitrogen and oxygen atoms in total. The van der Waals surface area contributed by atoms with Crippen molar-refractivity contribution in [1.29, 1.82) is 0 Å². The van der Waals surface area contributed by atoms with Crippen molar-refractivity contribution in [3.05, 3.63) is 41.7 Å². The highest BCUT2D eigenvalue weighted by molar-refractivity contribution is 6.31. The number of aromatic nitrogens is 2. The molecule has 1 aromatic carbocycles. The molecule has 19 heavy (non-hydrogen) atoms. The van der Waals surface area contributed by atoms with Crippen LogP contribution in [0.5, 0.6) is 0 Å². The number of hydrogen-bond acceptors (Lipinski definition) is 2. The Hall–Kier alpha value is -2.27. The van der Waals surface area contributed by atoms with Crippen LogP contribution in [0.1, 0.15) is 0 Å². The maximum absolute atomic E-state index is 11.4. The molecule has 3 aromatic rings. The molecule has 0 bridgehead atoms. The Bertz CT molecular complexity index is 796. The molecule has 2 heterocycles. The summed E-state index contributed by atoms with van der Waals surface area (Å²) in [4.78, 5) is 15.5. The lowest BCUT2D eigenvalue weighted by molar-refractivity contribution is 0.251. The molecular weight excluding hydrogens is 264 g/mol. The molecule has 2 N–H and O–H groups in total. The largest absolute Gasteiger partial charge is 0.350 e. The number of nitrogens with two attached hydrogens (primary N) is 1. The van der Waals surface area contributed by atoms with Gasteiger partial charge in [0, 0.05) is 29.0 Å². The van der Waals surface area contributed by atoms with E-state index in [4.69, 9.17) is 17.3 Å². The van der Waals surface area contributed by atoms with Gasteiger partial charge in [-0.2, -0.15) is 0 Å². The smallest absolute Gasteiger partial charge is 0.333 e. The second-order valence-electron chi connectivity index (χ2n) is 4.23. The predicted octanol–water partition coefficient (Wildman–Crippen LogP) is 2.49. The molecule has 96 valence electrons. The first-order valence-corrected chi connectivity index (χ1v) is 6.04. The number of carbonyl (C=O) groups excluding carboxylic acids is 1. The molecule has 0 spiro atoms. The molecular formula is C13H11ClN4O. The van der Waals surface area contributed by atoms with Crippen molar-refractivity contribution in [3.63, 3.8) is 0 Å². The van der Waals surface area contributed by atoms with Crippen LogP contribution in [0.15, 0.2) is 36.7 Å². The number of amides is 2. The number of halogens is 1. The third kappa shape index (κ3) is 1.70. The van der Waals surface area contributed by atoms with Crippen molar-refractivity contribution in [1.82, 2.24) is 9.66 Å². The highest BCUT2D eigenvalue weighted by Crippen LogP contribution is 2.30. The molecule has 2 aromatic heterocycles. The Morgan fingerprint density at radius 1 is 1.32 bits per heavy atom. The first kappa shape index (κ1) is 11.8. The Balaban J connectivity index is 2.50. The summed E-state index contributed by atoms with van der Waals surface area (Å²) in [5.41, 5.74) is 6.98. The van der Waals surface area contributed by atoms with E-state index >= 15 is 0 Å². The zero-order valence-electron chi connectivity index (χ0n) is 10.2. The van der Waals surface area contributed by atoms with Crippen LogP contribution in [0.2, 0.25) is 5.02 Å². The number of carbonyl (C=O) groups is 1. The number of rotatable bonds is 1. The number of hydrogen-bond donors (Lipinski definition) is 1. The van der Waals surface area contributed by atoms with Crippen LogP contribution in [0.25, 0.3) is 21.8 Å². The van der Waals surface area contributed by atoms with Gasteiger partial charge in [-0.3, -0.25) is 4.98 Å². The Kier molecular flexibility index (Phi) is 2.57. The molecule has 0 saturated carbocycles. The van der Waals surface area contributed by atoms with E-state index in [-0.39, 0.29) is 0 Å². The number of benzene rings is 1. The summed E-state index contributed by atoms with van der Waals surface area (Å²) in [5.74, 6) is 0. The zero-order valence-corrected chi connectivity index (χ0v) is 10.9. The molecule has 3 rings (SSSR count). The second-order valence-corrected chi connectivity index (χ2v) is 4.66. The van der Waals surface area contributed by atoms with Gasteiger partial charge in [0.2, 0.25) is 0 Å². The third-order valence-corrected chi connectivity index (χ3v) is 3.36. The normalized spacial score (nSPS) is 11.1. The second kappa shape index (κ2) is 4.13. The molecule has 0 fully saturated rings. The molecule has 0 aliphatic heterocycles. The average Bonchev–Trinajstić information content (AvgIpc) is 2.71. The predicted molar refractivity (Wildman–Crippen MR) is 76.0 cm³/mol. The monoisotopic (exact) mass is 274 g/mol. The molecule has 2 amide bonds. The van der Waals surface area contributed by atoms with Crippen LogP contribution in [0.3, 0.4) is 0 Å². The summed E-state index contributed by atoms with van der Waals surface area (Å²) in [6.45, 7) is 0. The maximum atomic E-state index is 11.4. The summed E-state index contributed by atoms with van der Waals surface area (Å²) in [5, 5.41) is 3.93. The van der Waals surface area contributed by atoms with Crippen LogP contribution in [0, 0.1) is 0 Å². The van der Waals surface area contributed by atoms with Gasteiger partial charge in [0.05, 0.1) is 17.2 Å². The minimum absolute atomic E-state index is 0.553. The van der Waals surface area contributed by atoms with Gasteiger partial charge >= 0.3 is 6.03 Å². The van der Waals surface area contributed by atoms with E-state index in [0.29, 0.717) is 5.02 Å². The fourth-order valence-corrected chi connectivity index (χ4v) is 2.41. The summed E-state index contributed by atoms with van der Waals surface area (Å²) in [6.07, 6.45) is 3.41. The summed E-state index contributed by atoms with van der Waals surface area (Å²) >= 11 is 6.04. The lowest BCUT2D eigenvalue weighted by Gasteiger charge is -2.18. The van der Waals surface area contributed by atoms with E-state index in [1.165, 1.54) is 5.01 Å². The number of fused-ring (bicyclic) bond motifs is 3. The summed E-state index contributed by atoms with van der Waals surface area (Å²) in [7, 11) is 1.61. The zero-order chi connectivity index (χ0) is 13.6. The molecule has 0 saturated heterocycles. The molecule has 6 heteroatoms. The maximum Gasteiger partial charge on any atom is 0.333 e. The van der Waals surface area contributed by atoms with Gasteiger partial charge in [-0.1, -0.05) is 17.7 Å². The molecule has 0 aliphatic rings. The first-order valence-electron chi connectivity index (χ1n) is 5.66. The number of pyridine rings is 1. The average molecular weight is 275 g/mol. The van der Waals surface area contributed by atoms with Gasteiger partial charge in [-0.15, -0.1) is 0 Å². The lowest BCUT2D eigenvalue weighted by Crippen LogP contribution is -2.40. The fourth-order valence-electron chi connectivity index (χ4n) is 2.24. The quantitative estimate of drug-likeness (QED) is 0.741. The van der Waals surface area contributed by atoms with Crippen LogP contribution in [0.4, 0.5) is 4.79 Å². The van der Waals surface area contributed by atoms with Crippen LogP contribution >= 0.6 is 11.6 Å². The number of urea groups is 1. The minimum atomic E-state index is -0.553. The highest BCUT2D eigenvalue weighted by Gasteiger charge is 2.16. The van der Waals surface area contributed by atoms with Crippen molar-refractivity contribution < 1.29 is 4.79 Å². The first-order chi connectivity index (χ1) is 9.09. The molecule has 0 radical (unpaired) electrons. The van der Waals surface area contributed by atoms with Gasteiger partial charge in [-0.25, -0.2) is 14.5 Å². The summed E-state index contributed by atoms with van der Waals surface area (Å²) < 4.78 is 1.71. The highest BCUT2D eigenvalue weighted by atomic mass is 35.5. The molecule has 0 atom stereocenters. The van der Waals surface area contributed by atoms with Gasteiger partial charge in [-0.05, 0) is 18.2 Å². The van der Waals surface area contributed by atoms with E-state index in [9.17, 15) is 4.79 Å². The molecule has 0 aliphatic carbocycles. The van der Waals surface area contributed by atoms with Crippen molar-refractivity contribution >= 4 is 39.4 Å². The lowest BCUT2D eigenvalue weighted by atomic mass is 10.2. The third-order valence-electron chi connectivity index (χ3n) is 3.13. The van der Waals surface area contributed by atoms with Gasteiger partial charge in [0.1, 0.15) is 0 Å². The minimum Gasteiger partial charge on any atom is -0.350 e. The van der Waals surface area contributed by atoms with Crippen molar-refractivity contribution in [3.8, 4) is 0 Å². The van der Waals surface area contributed by atoms with Gasteiger partial charge in [0.25, 0.3) is 0 Å². The van der Waals surface area contributed by atoms with Crippen LogP contribution in [-0.2, 0) is 0 Å². The van der Waals surface area contributed by atoms with Crippen molar-refractivity contribution in [2.45, 2.75) is 0 Å². The van der Waals surface area contributed by atoms with Crippen molar-refractivity contribution in [2.75, 3.05) is 12.1 Å². The van der Waals surface area contributed by atoms with Crippen LogP contribution < -0.4 is 10.7 Å². The summed E-state index contributed by atoms with van der Waals surface area (Å²) in [6, 6.07) is 6.89. The van der Waals surface area contributed by atoms with E-state index in [2.05, 4.69) is 4.98 Å². The van der Waals surface area contributed by atoms with Gasteiger partial charge in [0.15, 0.2) is 0 Å². The Labute approximate surface area is 114 Å². The fraction of sp³-hybridized carbons (Fsp3) is 0.0769. The Morgan fingerprint density at radius 3 is 2.79 bits per heavy atom. The van der Waals surface area contributed by atoms with E-state index < -0.39 is 6.03 Å². The SMILES string of the molecule is CN(C(N)=O)n1c2cnccc2c2ccc(Cl)cc21. The molecule has 0 unspecified atom stereocenters. The van der Waals surface area contributed by atoms with Gasteiger partial charge < -0.3 is 5.73 Å². The standard InChI is InChI=1S/C13H11ClN4O/c1-17(13(15)19)18-11-6-8(14)2-3-9(11)10-4-5-16-7-12(10)18/h2-7H,1H3,(H2,15,19). The topological polar surface area (TPSA) is 64.2 Å². The van der Waals surface area contributed by atoms with Crippen molar-refractivity contribution in [2.24, 2.45) is 5.73 Å². The van der Waals surface area contributed by atoms with Crippen LogP contribution in [-0.4, -0.2) is 22.7 Å².